The zero-order chi connectivity index (χ0) is 22.0. The van der Waals surface area contributed by atoms with Crippen molar-refractivity contribution in [3.05, 3.63) is 100 Å². The first-order chi connectivity index (χ1) is 15.0. The lowest BCUT2D eigenvalue weighted by Gasteiger charge is -2.17. The average molecular weight is 433 g/mol. The Kier molecular flexibility index (Phi) is 5.78. The molecule has 0 aromatic heterocycles. The Morgan fingerprint density at radius 1 is 0.935 bits per heavy atom. The molecule has 0 unspecified atom stereocenters. The van der Waals surface area contributed by atoms with Crippen molar-refractivity contribution in [2.75, 3.05) is 12.4 Å². The monoisotopic (exact) mass is 432 g/mol. The van der Waals surface area contributed by atoms with Gasteiger partial charge in [-0.05, 0) is 36.2 Å². The maximum atomic E-state index is 13.4. The second-order valence-electron chi connectivity index (χ2n) is 7.21. The van der Waals surface area contributed by atoms with Crippen molar-refractivity contribution >= 4 is 34.7 Å². The van der Waals surface area contributed by atoms with Gasteiger partial charge in [0.25, 0.3) is 11.8 Å². The number of amides is 2. The molecule has 0 radical (unpaired) electrons. The van der Waals surface area contributed by atoms with Gasteiger partial charge in [0.05, 0.1) is 19.2 Å². The minimum Gasteiger partial charge on any atom is -0.496 e. The van der Waals surface area contributed by atoms with Crippen LogP contribution >= 0.6 is 11.6 Å². The summed E-state index contributed by atoms with van der Waals surface area (Å²) in [5.74, 6) is -0.130. The average Bonchev–Trinajstić information content (AvgIpc) is 3.01. The number of benzene rings is 3. The quantitative estimate of drug-likeness (QED) is 0.554. The van der Waals surface area contributed by atoms with Gasteiger partial charge in [0.15, 0.2) is 0 Å². The Hall–Kier alpha value is -3.57. The lowest BCUT2D eigenvalue weighted by atomic mass is 10.0. The fourth-order valence-electron chi connectivity index (χ4n) is 3.58. The Labute approximate surface area is 185 Å². The SMILES string of the molecule is COc1ccccc1CN1C(=O)C(Nc2cc(Cl)ccc2C)=C(c2ccccc2)C1=O. The molecule has 2 amide bonds. The topological polar surface area (TPSA) is 58.6 Å². The minimum absolute atomic E-state index is 0.109. The summed E-state index contributed by atoms with van der Waals surface area (Å²) in [7, 11) is 1.56. The van der Waals surface area contributed by atoms with Crippen LogP contribution in [0, 0.1) is 6.92 Å². The Morgan fingerprint density at radius 2 is 1.65 bits per heavy atom. The number of nitrogens with one attached hydrogen (secondary N) is 1. The third-order valence-electron chi connectivity index (χ3n) is 5.21. The van der Waals surface area contributed by atoms with Crippen LogP contribution in [0.25, 0.3) is 5.57 Å². The molecule has 1 aliphatic rings. The van der Waals surface area contributed by atoms with Gasteiger partial charge in [-0.25, -0.2) is 0 Å². The zero-order valence-electron chi connectivity index (χ0n) is 17.2. The third kappa shape index (κ3) is 4.05. The van der Waals surface area contributed by atoms with E-state index in [-0.39, 0.29) is 18.1 Å². The first-order valence-electron chi connectivity index (χ1n) is 9.80. The molecule has 6 heteroatoms. The van der Waals surface area contributed by atoms with Crippen LogP contribution in [0.5, 0.6) is 5.75 Å². The summed E-state index contributed by atoms with van der Waals surface area (Å²) in [4.78, 5) is 28.1. The van der Waals surface area contributed by atoms with Crippen LogP contribution in [-0.4, -0.2) is 23.8 Å². The van der Waals surface area contributed by atoms with E-state index in [9.17, 15) is 9.59 Å². The smallest absolute Gasteiger partial charge is 0.278 e. The van der Waals surface area contributed by atoms with Crippen molar-refractivity contribution in [2.24, 2.45) is 0 Å². The number of carbonyl (C=O) groups is 2. The first kappa shape index (κ1) is 20.7. The molecule has 3 aromatic carbocycles. The van der Waals surface area contributed by atoms with Crippen molar-refractivity contribution in [1.82, 2.24) is 4.90 Å². The molecule has 156 valence electrons. The van der Waals surface area contributed by atoms with E-state index in [1.807, 2.05) is 61.5 Å². The van der Waals surface area contributed by atoms with E-state index in [4.69, 9.17) is 16.3 Å². The summed E-state index contributed by atoms with van der Waals surface area (Å²) < 4.78 is 5.40. The van der Waals surface area contributed by atoms with Crippen molar-refractivity contribution in [3.8, 4) is 5.75 Å². The number of ether oxygens (including phenoxy) is 1. The molecule has 4 rings (SSSR count). The summed E-state index contributed by atoms with van der Waals surface area (Å²) >= 11 is 6.16. The normalized spacial score (nSPS) is 13.7. The second kappa shape index (κ2) is 8.66. The van der Waals surface area contributed by atoms with Gasteiger partial charge in [0.1, 0.15) is 11.4 Å². The lowest BCUT2D eigenvalue weighted by molar-refractivity contribution is -0.137. The van der Waals surface area contributed by atoms with Crippen LogP contribution in [0.1, 0.15) is 16.7 Å². The fraction of sp³-hybridized carbons (Fsp3) is 0.120. The highest BCUT2D eigenvalue weighted by molar-refractivity contribution is 6.36. The summed E-state index contributed by atoms with van der Waals surface area (Å²) in [5.41, 5.74) is 3.57. The molecule has 0 saturated carbocycles. The molecule has 1 aliphatic heterocycles. The van der Waals surface area contributed by atoms with Crippen LogP contribution in [0.3, 0.4) is 0 Å². The summed E-state index contributed by atoms with van der Waals surface area (Å²) in [6.45, 7) is 2.02. The highest BCUT2D eigenvalue weighted by Crippen LogP contribution is 2.33. The van der Waals surface area contributed by atoms with Gasteiger partial charge in [-0.15, -0.1) is 0 Å². The summed E-state index contributed by atoms with van der Waals surface area (Å²) in [6, 6.07) is 21.9. The largest absolute Gasteiger partial charge is 0.496 e. The number of hydrogen-bond donors (Lipinski definition) is 1. The van der Waals surface area contributed by atoms with E-state index in [1.165, 1.54) is 4.90 Å². The number of para-hydroxylation sites is 1. The third-order valence-corrected chi connectivity index (χ3v) is 5.45. The van der Waals surface area contributed by atoms with Crippen molar-refractivity contribution in [3.63, 3.8) is 0 Å². The lowest BCUT2D eigenvalue weighted by Crippen LogP contribution is -2.32. The standard InChI is InChI=1S/C25H21ClN2O3/c1-16-12-13-19(26)14-20(16)27-23-22(17-8-4-3-5-9-17)24(29)28(25(23)30)15-18-10-6-7-11-21(18)31-2/h3-14,27H,15H2,1-2H3. The molecule has 0 spiro atoms. The Bertz CT molecular complexity index is 1190. The molecule has 31 heavy (non-hydrogen) atoms. The van der Waals surface area contributed by atoms with E-state index in [0.29, 0.717) is 27.6 Å². The number of carbonyl (C=O) groups excluding carboxylic acids is 2. The van der Waals surface area contributed by atoms with Crippen LogP contribution in [-0.2, 0) is 16.1 Å². The van der Waals surface area contributed by atoms with Crippen molar-refractivity contribution < 1.29 is 14.3 Å². The number of halogens is 1. The Morgan fingerprint density at radius 3 is 2.39 bits per heavy atom. The first-order valence-corrected chi connectivity index (χ1v) is 10.2. The number of anilines is 1. The van der Waals surface area contributed by atoms with Crippen LogP contribution in [0.15, 0.2) is 78.5 Å². The van der Waals surface area contributed by atoms with E-state index in [0.717, 1.165) is 11.1 Å². The number of imide groups is 1. The summed E-state index contributed by atoms with van der Waals surface area (Å²) in [6.07, 6.45) is 0. The number of rotatable bonds is 6. The van der Waals surface area contributed by atoms with Crippen LogP contribution < -0.4 is 10.1 Å². The Balaban J connectivity index is 1.76. The molecule has 5 nitrogen and oxygen atoms in total. The molecule has 0 fully saturated rings. The van der Waals surface area contributed by atoms with Crippen molar-refractivity contribution in [2.45, 2.75) is 13.5 Å². The molecule has 0 atom stereocenters. The van der Waals surface area contributed by atoms with E-state index in [1.54, 1.807) is 25.3 Å². The van der Waals surface area contributed by atoms with Gasteiger partial charge < -0.3 is 10.1 Å². The molecule has 1 heterocycles. The van der Waals surface area contributed by atoms with Gasteiger partial charge in [0, 0.05) is 16.3 Å². The predicted octanol–water partition coefficient (Wildman–Crippen LogP) is 5.05. The molecule has 1 N–H and O–H groups in total. The van der Waals surface area contributed by atoms with Gasteiger partial charge in [-0.1, -0.05) is 66.2 Å². The van der Waals surface area contributed by atoms with Gasteiger partial charge >= 0.3 is 0 Å². The number of aryl methyl sites for hydroxylation is 1. The molecular formula is C25H21ClN2O3. The fourth-order valence-corrected chi connectivity index (χ4v) is 3.75. The van der Waals surface area contributed by atoms with Crippen molar-refractivity contribution in [1.29, 1.82) is 0 Å². The highest BCUT2D eigenvalue weighted by Gasteiger charge is 2.39. The van der Waals surface area contributed by atoms with Crippen LogP contribution in [0.2, 0.25) is 5.02 Å². The van der Waals surface area contributed by atoms with E-state index >= 15 is 0 Å². The van der Waals surface area contributed by atoms with Crippen LogP contribution in [0.4, 0.5) is 5.69 Å². The summed E-state index contributed by atoms with van der Waals surface area (Å²) in [5, 5.41) is 3.71. The highest BCUT2D eigenvalue weighted by atomic mass is 35.5. The number of methoxy groups -OCH3 is 1. The van der Waals surface area contributed by atoms with Gasteiger partial charge in [0.2, 0.25) is 0 Å². The molecule has 0 aliphatic carbocycles. The minimum atomic E-state index is -0.394. The zero-order valence-corrected chi connectivity index (χ0v) is 17.9. The molecular weight excluding hydrogens is 412 g/mol. The van der Waals surface area contributed by atoms with Gasteiger partial charge in [-0.2, -0.15) is 0 Å². The molecule has 3 aromatic rings. The maximum Gasteiger partial charge on any atom is 0.278 e. The number of hydrogen-bond acceptors (Lipinski definition) is 4. The molecule has 0 saturated heterocycles. The maximum absolute atomic E-state index is 13.4. The molecule has 0 bridgehead atoms. The number of nitrogens with zero attached hydrogens (tertiary/aromatic N) is 1. The van der Waals surface area contributed by atoms with E-state index in [2.05, 4.69) is 5.32 Å². The van der Waals surface area contributed by atoms with Gasteiger partial charge in [-0.3, -0.25) is 14.5 Å². The predicted molar refractivity (Wildman–Crippen MR) is 122 cm³/mol. The second-order valence-corrected chi connectivity index (χ2v) is 7.65. The van der Waals surface area contributed by atoms with E-state index < -0.39 is 5.91 Å².